The number of nitrogens with zero attached hydrogens (tertiary/aromatic N) is 2. The van der Waals surface area contributed by atoms with Crippen LogP contribution < -0.4 is 5.32 Å². The number of amides is 1. The topological polar surface area (TPSA) is 115 Å². The summed E-state index contributed by atoms with van der Waals surface area (Å²) in [7, 11) is 0. The number of nitro benzene ring substituents is 2. The number of nitro groups is 2. The quantitative estimate of drug-likeness (QED) is 0.660. The smallest absolute Gasteiger partial charge is 0.295 e. The highest BCUT2D eigenvalue weighted by Crippen LogP contribution is 2.33. The zero-order valence-electron chi connectivity index (χ0n) is 12.7. The summed E-state index contributed by atoms with van der Waals surface area (Å²) in [5, 5.41) is 24.0. The molecule has 0 spiro atoms. The predicted molar refractivity (Wildman–Crippen MR) is 88.6 cm³/mol. The van der Waals surface area contributed by atoms with Gasteiger partial charge in [0.1, 0.15) is 5.02 Å². The first kappa shape index (κ1) is 17.4. The molecule has 0 aliphatic heterocycles. The van der Waals surface area contributed by atoms with E-state index in [1.54, 1.807) is 19.1 Å². The van der Waals surface area contributed by atoms with E-state index in [-0.39, 0.29) is 5.56 Å². The molecule has 9 heteroatoms. The number of halogens is 1. The van der Waals surface area contributed by atoms with Gasteiger partial charge in [0.2, 0.25) is 0 Å². The lowest BCUT2D eigenvalue weighted by Gasteiger charge is -2.11. The van der Waals surface area contributed by atoms with Crippen molar-refractivity contribution in [1.29, 1.82) is 0 Å². The van der Waals surface area contributed by atoms with Crippen LogP contribution in [0.2, 0.25) is 5.02 Å². The van der Waals surface area contributed by atoms with Crippen LogP contribution in [0.1, 0.15) is 21.5 Å². The summed E-state index contributed by atoms with van der Waals surface area (Å²) >= 11 is 5.89. The molecule has 1 N–H and O–H groups in total. The van der Waals surface area contributed by atoms with Crippen LogP contribution in [0.4, 0.5) is 17.1 Å². The molecule has 0 heterocycles. The third-order valence-corrected chi connectivity index (χ3v) is 3.94. The Morgan fingerprint density at radius 1 is 1.12 bits per heavy atom. The highest BCUT2D eigenvalue weighted by molar-refractivity contribution is 6.36. The van der Waals surface area contributed by atoms with Crippen molar-refractivity contribution in [3.63, 3.8) is 0 Å². The minimum atomic E-state index is -0.871. The minimum absolute atomic E-state index is 0.335. The predicted octanol–water partition coefficient (Wildman–Crippen LogP) is 4.03. The molecule has 0 saturated carbocycles. The molecule has 0 aliphatic carbocycles. The average molecular weight is 350 g/mol. The summed E-state index contributed by atoms with van der Waals surface area (Å²) in [6.45, 7) is 3.65. The van der Waals surface area contributed by atoms with Crippen molar-refractivity contribution >= 4 is 34.6 Å². The van der Waals surface area contributed by atoms with Crippen LogP contribution in [0.25, 0.3) is 0 Å². The van der Waals surface area contributed by atoms with Crippen LogP contribution in [0.5, 0.6) is 0 Å². The van der Waals surface area contributed by atoms with E-state index in [9.17, 15) is 25.0 Å². The Morgan fingerprint density at radius 3 is 2.38 bits per heavy atom. The lowest BCUT2D eigenvalue weighted by atomic mass is 10.1. The van der Waals surface area contributed by atoms with Crippen LogP contribution in [0.15, 0.2) is 30.3 Å². The Hall–Kier alpha value is -3.00. The van der Waals surface area contributed by atoms with Gasteiger partial charge in [-0.25, -0.2) is 0 Å². The lowest BCUT2D eigenvalue weighted by Crippen LogP contribution is -2.14. The first-order chi connectivity index (χ1) is 11.2. The van der Waals surface area contributed by atoms with E-state index in [1.807, 2.05) is 13.0 Å². The molecule has 0 unspecified atom stereocenters. The van der Waals surface area contributed by atoms with Gasteiger partial charge in [0, 0.05) is 11.8 Å². The first-order valence-corrected chi connectivity index (χ1v) is 7.10. The number of carbonyl (C=O) groups is 1. The van der Waals surface area contributed by atoms with Crippen LogP contribution in [0.3, 0.4) is 0 Å². The van der Waals surface area contributed by atoms with Gasteiger partial charge in [-0.1, -0.05) is 23.7 Å². The van der Waals surface area contributed by atoms with E-state index in [0.29, 0.717) is 5.69 Å². The maximum atomic E-state index is 12.4. The molecular formula is C15H12ClN3O5. The number of carbonyl (C=O) groups excluding carboxylic acids is 1. The molecule has 0 aromatic heterocycles. The molecule has 1 amide bonds. The van der Waals surface area contributed by atoms with E-state index in [1.165, 1.54) is 0 Å². The van der Waals surface area contributed by atoms with Gasteiger partial charge in [-0.15, -0.1) is 0 Å². The number of aryl methyl sites for hydroxylation is 1. The molecule has 0 fully saturated rings. The molecule has 2 aromatic carbocycles. The van der Waals surface area contributed by atoms with Crippen LogP contribution >= 0.6 is 11.6 Å². The lowest BCUT2D eigenvalue weighted by molar-refractivity contribution is -0.394. The number of nitrogens with one attached hydrogen (secondary N) is 1. The molecule has 0 atom stereocenters. The van der Waals surface area contributed by atoms with Gasteiger partial charge in [-0.3, -0.25) is 25.0 Å². The first-order valence-electron chi connectivity index (χ1n) is 6.72. The van der Waals surface area contributed by atoms with E-state index >= 15 is 0 Å². The highest BCUT2D eigenvalue weighted by Gasteiger charge is 2.26. The minimum Gasteiger partial charge on any atom is -0.322 e. The fourth-order valence-electron chi connectivity index (χ4n) is 2.07. The van der Waals surface area contributed by atoms with Crippen LogP contribution in [-0.2, 0) is 0 Å². The molecule has 2 rings (SSSR count). The summed E-state index contributed by atoms with van der Waals surface area (Å²) in [6, 6.07) is 6.87. The van der Waals surface area contributed by atoms with Crippen molar-refractivity contribution in [1.82, 2.24) is 0 Å². The monoisotopic (exact) mass is 349 g/mol. The number of hydrogen-bond acceptors (Lipinski definition) is 5. The van der Waals surface area contributed by atoms with Gasteiger partial charge in [0.15, 0.2) is 0 Å². The zero-order chi connectivity index (χ0) is 18.0. The molecule has 124 valence electrons. The second-order valence-corrected chi connectivity index (χ2v) is 5.42. The maximum Gasteiger partial charge on any atom is 0.295 e. The molecule has 0 radical (unpaired) electrons. The second kappa shape index (κ2) is 6.63. The molecule has 0 saturated heterocycles. The van der Waals surface area contributed by atoms with Crippen molar-refractivity contribution < 1.29 is 14.6 Å². The Balaban J connectivity index is 2.50. The Labute approximate surface area is 141 Å². The Kier molecular flexibility index (Phi) is 4.79. The molecule has 2 aromatic rings. The average Bonchev–Trinajstić information content (AvgIpc) is 2.51. The maximum absolute atomic E-state index is 12.4. The summed E-state index contributed by atoms with van der Waals surface area (Å²) in [5.74, 6) is -0.763. The van der Waals surface area contributed by atoms with Gasteiger partial charge >= 0.3 is 0 Å². The van der Waals surface area contributed by atoms with Crippen LogP contribution in [0, 0.1) is 34.1 Å². The van der Waals surface area contributed by atoms with Crippen molar-refractivity contribution in [3.8, 4) is 0 Å². The van der Waals surface area contributed by atoms with Crippen molar-refractivity contribution in [2.45, 2.75) is 13.8 Å². The van der Waals surface area contributed by atoms with E-state index in [2.05, 4.69) is 5.32 Å². The van der Waals surface area contributed by atoms with E-state index in [0.717, 1.165) is 23.3 Å². The third-order valence-electron chi connectivity index (χ3n) is 3.54. The van der Waals surface area contributed by atoms with Gasteiger partial charge in [0.25, 0.3) is 17.3 Å². The molecule has 8 nitrogen and oxygen atoms in total. The normalized spacial score (nSPS) is 10.3. The molecular weight excluding hydrogens is 338 g/mol. The molecule has 24 heavy (non-hydrogen) atoms. The van der Waals surface area contributed by atoms with Gasteiger partial charge in [0.05, 0.1) is 21.5 Å². The van der Waals surface area contributed by atoms with E-state index in [4.69, 9.17) is 11.6 Å². The zero-order valence-corrected chi connectivity index (χ0v) is 13.5. The standard InChI is InChI=1S/C15H12ClN3O5/c1-8-4-3-5-12(9(8)2)17-15(20)11-6-10(18(21)22)7-13(14(11)16)19(23)24/h3-7H,1-2H3,(H,17,20). The van der Waals surface area contributed by atoms with Crippen molar-refractivity contribution in [3.05, 3.63) is 72.3 Å². The Bertz CT molecular complexity index is 866. The van der Waals surface area contributed by atoms with E-state index < -0.39 is 32.2 Å². The number of rotatable bonds is 4. The summed E-state index contributed by atoms with van der Waals surface area (Å²) < 4.78 is 0. The fraction of sp³-hybridized carbons (Fsp3) is 0.133. The van der Waals surface area contributed by atoms with Crippen molar-refractivity contribution in [2.24, 2.45) is 0 Å². The number of benzene rings is 2. The molecule has 0 bridgehead atoms. The number of non-ortho nitro benzene ring substituents is 1. The largest absolute Gasteiger partial charge is 0.322 e. The SMILES string of the molecule is Cc1cccc(NC(=O)c2cc([N+](=O)[O-])cc([N+](=O)[O-])c2Cl)c1C. The number of hydrogen-bond donors (Lipinski definition) is 1. The van der Waals surface area contributed by atoms with Gasteiger partial charge < -0.3 is 5.32 Å². The number of anilines is 1. The third kappa shape index (κ3) is 3.33. The molecule has 0 aliphatic rings. The summed E-state index contributed by atoms with van der Waals surface area (Å²) in [5.41, 5.74) is 0.615. The van der Waals surface area contributed by atoms with Gasteiger partial charge in [-0.05, 0) is 31.0 Å². The highest BCUT2D eigenvalue weighted by atomic mass is 35.5. The van der Waals surface area contributed by atoms with Gasteiger partial charge in [-0.2, -0.15) is 0 Å². The summed E-state index contributed by atoms with van der Waals surface area (Å²) in [4.78, 5) is 32.6. The van der Waals surface area contributed by atoms with Crippen LogP contribution in [-0.4, -0.2) is 15.8 Å². The fourth-order valence-corrected chi connectivity index (χ4v) is 2.34. The Morgan fingerprint density at radius 2 is 1.79 bits per heavy atom. The second-order valence-electron chi connectivity index (χ2n) is 5.04. The van der Waals surface area contributed by atoms with Crippen molar-refractivity contribution in [2.75, 3.05) is 5.32 Å². The summed E-state index contributed by atoms with van der Waals surface area (Å²) in [6.07, 6.45) is 0.